The number of carbonyl (C=O) groups is 1. The van der Waals surface area contributed by atoms with Crippen LogP contribution in [0.5, 0.6) is 0 Å². The third-order valence-electron chi connectivity index (χ3n) is 3.17. The molecule has 1 unspecified atom stereocenters. The molecule has 1 aromatic rings. The summed E-state index contributed by atoms with van der Waals surface area (Å²) in [5.74, 6) is -0.485. The van der Waals surface area contributed by atoms with E-state index in [4.69, 9.17) is 5.11 Å². The standard InChI is InChI=1S/C15H23NO2/c1-3-7-13(10-15(17)18)11-16-12(2)14-8-5-4-6-9-14/h4-6,8-9,12-13,16H,3,7,10-11H2,1-2H3,(H,17,18)/t12-,13?/m1/s1. The van der Waals surface area contributed by atoms with Crippen molar-refractivity contribution in [2.24, 2.45) is 5.92 Å². The molecular formula is C15H23NO2. The smallest absolute Gasteiger partial charge is 0.303 e. The second-order valence-electron chi connectivity index (χ2n) is 4.79. The molecule has 0 aromatic heterocycles. The summed E-state index contributed by atoms with van der Waals surface area (Å²) in [6.45, 7) is 4.96. The van der Waals surface area contributed by atoms with E-state index >= 15 is 0 Å². The first-order valence-corrected chi connectivity index (χ1v) is 6.63. The maximum atomic E-state index is 10.8. The highest BCUT2D eigenvalue weighted by Crippen LogP contribution is 2.15. The van der Waals surface area contributed by atoms with Crippen LogP contribution in [0.2, 0.25) is 0 Å². The number of benzene rings is 1. The molecule has 0 heterocycles. The Morgan fingerprint density at radius 2 is 2.00 bits per heavy atom. The zero-order valence-corrected chi connectivity index (χ0v) is 11.2. The molecule has 1 aromatic carbocycles. The molecule has 2 atom stereocenters. The Balaban J connectivity index is 2.44. The van der Waals surface area contributed by atoms with E-state index in [1.54, 1.807) is 0 Å². The van der Waals surface area contributed by atoms with E-state index < -0.39 is 5.97 Å². The molecule has 0 radical (unpaired) electrons. The molecule has 3 heteroatoms. The molecule has 0 aliphatic rings. The molecule has 0 bridgehead atoms. The van der Waals surface area contributed by atoms with E-state index in [9.17, 15) is 4.79 Å². The number of hydrogen-bond donors (Lipinski definition) is 2. The number of hydrogen-bond acceptors (Lipinski definition) is 2. The fraction of sp³-hybridized carbons (Fsp3) is 0.533. The van der Waals surface area contributed by atoms with Gasteiger partial charge in [-0.3, -0.25) is 4.79 Å². The van der Waals surface area contributed by atoms with Gasteiger partial charge in [-0.1, -0.05) is 43.7 Å². The van der Waals surface area contributed by atoms with E-state index in [0.717, 1.165) is 19.4 Å². The molecule has 100 valence electrons. The topological polar surface area (TPSA) is 49.3 Å². The lowest BCUT2D eigenvalue weighted by molar-refractivity contribution is -0.138. The number of aliphatic carboxylic acids is 1. The average molecular weight is 249 g/mol. The molecule has 3 nitrogen and oxygen atoms in total. The second-order valence-corrected chi connectivity index (χ2v) is 4.79. The van der Waals surface area contributed by atoms with Crippen LogP contribution in [0.15, 0.2) is 30.3 Å². The Labute approximate surface area is 109 Å². The van der Waals surface area contributed by atoms with Gasteiger partial charge in [0.15, 0.2) is 0 Å². The van der Waals surface area contributed by atoms with Crippen LogP contribution in [0.4, 0.5) is 0 Å². The Morgan fingerprint density at radius 3 is 2.56 bits per heavy atom. The zero-order chi connectivity index (χ0) is 13.4. The summed E-state index contributed by atoms with van der Waals surface area (Å²) < 4.78 is 0. The zero-order valence-electron chi connectivity index (χ0n) is 11.2. The van der Waals surface area contributed by atoms with Crippen molar-refractivity contribution >= 4 is 5.97 Å². The Bertz CT molecular complexity index is 351. The summed E-state index contributed by atoms with van der Waals surface area (Å²) >= 11 is 0. The molecule has 0 spiro atoms. The van der Waals surface area contributed by atoms with Crippen LogP contribution in [0.1, 0.15) is 44.7 Å². The van der Waals surface area contributed by atoms with Gasteiger partial charge in [0.1, 0.15) is 0 Å². The highest BCUT2D eigenvalue weighted by molar-refractivity contribution is 5.67. The van der Waals surface area contributed by atoms with Gasteiger partial charge in [0.05, 0.1) is 0 Å². The first-order valence-electron chi connectivity index (χ1n) is 6.63. The van der Waals surface area contributed by atoms with Crippen LogP contribution in [0, 0.1) is 5.92 Å². The van der Waals surface area contributed by atoms with Gasteiger partial charge in [0.2, 0.25) is 0 Å². The van der Waals surface area contributed by atoms with Gasteiger partial charge in [-0.25, -0.2) is 0 Å². The lowest BCUT2D eigenvalue weighted by Crippen LogP contribution is -2.27. The molecule has 2 N–H and O–H groups in total. The van der Waals surface area contributed by atoms with Gasteiger partial charge in [0, 0.05) is 12.5 Å². The van der Waals surface area contributed by atoms with Crippen molar-refractivity contribution in [2.75, 3.05) is 6.54 Å². The fourth-order valence-corrected chi connectivity index (χ4v) is 2.13. The third-order valence-corrected chi connectivity index (χ3v) is 3.17. The van der Waals surface area contributed by atoms with Crippen LogP contribution >= 0.6 is 0 Å². The minimum absolute atomic E-state index is 0.221. The number of rotatable bonds is 8. The van der Waals surface area contributed by atoms with Crippen molar-refractivity contribution in [3.8, 4) is 0 Å². The maximum Gasteiger partial charge on any atom is 0.303 e. The van der Waals surface area contributed by atoms with Crippen molar-refractivity contribution in [3.63, 3.8) is 0 Å². The van der Waals surface area contributed by atoms with Crippen molar-refractivity contribution in [1.29, 1.82) is 0 Å². The molecule has 1 rings (SSSR count). The molecular weight excluding hydrogens is 226 g/mol. The fourth-order valence-electron chi connectivity index (χ4n) is 2.13. The highest BCUT2D eigenvalue weighted by Gasteiger charge is 2.13. The van der Waals surface area contributed by atoms with E-state index in [1.165, 1.54) is 5.56 Å². The Morgan fingerprint density at radius 1 is 1.33 bits per heavy atom. The van der Waals surface area contributed by atoms with Crippen LogP contribution in [0.3, 0.4) is 0 Å². The minimum atomic E-state index is -0.706. The molecule has 0 fully saturated rings. The third kappa shape index (κ3) is 5.32. The van der Waals surface area contributed by atoms with Crippen molar-refractivity contribution in [2.45, 2.75) is 39.2 Å². The van der Waals surface area contributed by atoms with E-state index in [2.05, 4.69) is 31.3 Å². The van der Waals surface area contributed by atoms with Gasteiger partial charge in [0.25, 0.3) is 0 Å². The normalized spacial score (nSPS) is 14.1. The minimum Gasteiger partial charge on any atom is -0.481 e. The van der Waals surface area contributed by atoms with Crippen molar-refractivity contribution < 1.29 is 9.90 Å². The highest BCUT2D eigenvalue weighted by atomic mass is 16.4. The van der Waals surface area contributed by atoms with E-state index in [0.29, 0.717) is 0 Å². The number of carboxylic acids is 1. The predicted molar refractivity (Wildman–Crippen MR) is 73.5 cm³/mol. The second kappa shape index (κ2) is 7.88. The van der Waals surface area contributed by atoms with Gasteiger partial charge >= 0.3 is 5.97 Å². The lowest BCUT2D eigenvalue weighted by atomic mass is 9.99. The number of carboxylic acid groups (broad SMARTS) is 1. The first-order chi connectivity index (χ1) is 8.63. The van der Waals surface area contributed by atoms with Gasteiger partial charge < -0.3 is 10.4 Å². The Kier molecular flexibility index (Phi) is 6.44. The summed E-state index contributed by atoms with van der Waals surface area (Å²) in [6.07, 6.45) is 2.24. The molecule has 0 saturated carbocycles. The monoisotopic (exact) mass is 249 g/mol. The molecule has 18 heavy (non-hydrogen) atoms. The molecule has 0 aliphatic heterocycles. The average Bonchev–Trinajstić information content (AvgIpc) is 2.36. The van der Waals surface area contributed by atoms with Gasteiger partial charge in [-0.05, 0) is 31.4 Å². The van der Waals surface area contributed by atoms with Crippen LogP contribution in [0.25, 0.3) is 0 Å². The number of nitrogens with one attached hydrogen (secondary N) is 1. The summed E-state index contributed by atoms with van der Waals surface area (Å²) in [7, 11) is 0. The lowest BCUT2D eigenvalue weighted by Gasteiger charge is -2.19. The SMILES string of the molecule is CCCC(CN[C@H](C)c1ccccc1)CC(=O)O. The predicted octanol–water partition coefficient (Wildman–Crippen LogP) is 3.23. The van der Waals surface area contributed by atoms with Gasteiger partial charge in [-0.15, -0.1) is 0 Å². The first kappa shape index (κ1) is 14.7. The van der Waals surface area contributed by atoms with E-state index in [-0.39, 0.29) is 18.4 Å². The summed E-state index contributed by atoms with van der Waals surface area (Å²) in [5.41, 5.74) is 1.24. The van der Waals surface area contributed by atoms with Crippen LogP contribution in [-0.2, 0) is 4.79 Å². The Hall–Kier alpha value is -1.35. The summed E-state index contributed by atoms with van der Waals surface area (Å²) in [5, 5.41) is 12.3. The summed E-state index contributed by atoms with van der Waals surface area (Å²) in [4.78, 5) is 10.8. The molecule has 0 amide bonds. The van der Waals surface area contributed by atoms with Crippen LogP contribution < -0.4 is 5.32 Å². The summed E-state index contributed by atoms with van der Waals surface area (Å²) in [6, 6.07) is 10.5. The van der Waals surface area contributed by atoms with E-state index in [1.807, 2.05) is 18.2 Å². The molecule has 0 aliphatic carbocycles. The maximum absolute atomic E-state index is 10.8. The van der Waals surface area contributed by atoms with Gasteiger partial charge in [-0.2, -0.15) is 0 Å². The van der Waals surface area contributed by atoms with Crippen molar-refractivity contribution in [1.82, 2.24) is 5.32 Å². The van der Waals surface area contributed by atoms with Crippen molar-refractivity contribution in [3.05, 3.63) is 35.9 Å². The van der Waals surface area contributed by atoms with Crippen LogP contribution in [-0.4, -0.2) is 17.6 Å². The molecule has 0 saturated heterocycles. The largest absolute Gasteiger partial charge is 0.481 e. The quantitative estimate of drug-likeness (QED) is 0.743.